The number of ether oxygens (including phenoxy) is 2. The largest absolute Gasteiger partial charge is 0.453 e. The van der Waals surface area contributed by atoms with Gasteiger partial charge < -0.3 is 14.4 Å². The van der Waals surface area contributed by atoms with E-state index in [1.54, 1.807) is 4.90 Å². The van der Waals surface area contributed by atoms with Gasteiger partial charge in [0.1, 0.15) is 6.67 Å². The summed E-state index contributed by atoms with van der Waals surface area (Å²) in [6, 6.07) is 0. The Morgan fingerprint density at radius 3 is 2.86 bits per heavy atom. The number of methoxy groups -OCH3 is 1. The summed E-state index contributed by atoms with van der Waals surface area (Å²) in [5.41, 5.74) is 0. The highest BCUT2D eigenvalue weighted by atomic mass is 19.1. The van der Waals surface area contributed by atoms with Crippen molar-refractivity contribution in [2.24, 2.45) is 5.92 Å². The van der Waals surface area contributed by atoms with Crippen LogP contribution in [-0.2, 0) is 9.47 Å². The first-order valence-electron chi connectivity index (χ1n) is 4.69. The average molecular weight is 205 g/mol. The van der Waals surface area contributed by atoms with Crippen LogP contribution in [0.5, 0.6) is 0 Å². The summed E-state index contributed by atoms with van der Waals surface area (Å²) in [6.07, 6.45) is -0.409. The quantitative estimate of drug-likeness (QED) is 0.691. The molecule has 1 aliphatic rings. The Labute approximate surface area is 83.0 Å². The van der Waals surface area contributed by atoms with E-state index >= 15 is 0 Å². The fraction of sp³-hybridized carbons (Fsp3) is 0.889. The van der Waals surface area contributed by atoms with E-state index < -0.39 is 6.67 Å². The zero-order valence-electron chi connectivity index (χ0n) is 8.53. The fourth-order valence-electron chi connectivity index (χ4n) is 1.63. The average Bonchev–Trinajstić information content (AvgIpc) is 2.56. The summed E-state index contributed by atoms with van der Waals surface area (Å²) in [6.45, 7) is 2.70. The zero-order chi connectivity index (χ0) is 10.6. The van der Waals surface area contributed by atoms with Crippen LogP contribution in [0.15, 0.2) is 0 Å². The van der Waals surface area contributed by atoms with E-state index in [1.165, 1.54) is 7.11 Å². The summed E-state index contributed by atoms with van der Waals surface area (Å²) in [5.74, 6) is 0.237. The number of carbonyl (C=O) groups is 1. The van der Waals surface area contributed by atoms with Crippen molar-refractivity contribution in [1.82, 2.24) is 4.90 Å². The maximum absolute atomic E-state index is 11.9. The van der Waals surface area contributed by atoms with Gasteiger partial charge in [0.25, 0.3) is 0 Å². The standard InChI is InChI=1S/C9H16FNO3/c1-7-5-11(9(12)13-2)6-8(7)14-4-3-10/h7-8H,3-6H2,1-2H3/t7-,8+/m1/s1. The minimum atomic E-state index is -0.485. The summed E-state index contributed by atoms with van der Waals surface area (Å²) in [4.78, 5) is 12.7. The molecule has 0 aliphatic carbocycles. The SMILES string of the molecule is COC(=O)N1C[C@@H](C)[C@@H](OCCF)C1. The van der Waals surface area contributed by atoms with Crippen molar-refractivity contribution in [3.8, 4) is 0 Å². The molecule has 0 aromatic rings. The van der Waals surface area contributed by atoms with E-state index in [1.807, 2.05) is 6.92 Å². The number of alkyl halides is 1. The predicted octanol–water partition coefficient (Wildman–Crippen LogP) is 1.06. The Morgan fingerprint density at radius 2 is 2.29 bits per heavy atom. The molecule has 0 N–H and O–H groups in total. The summed E-state index contributed by atoms with van der Waals surface area (Å²) in [5, 5.41) is 0. The smallest absolute Gasteiger partial charge is 0.409 e. The minimum Gasteiger partial charge on any atom is -0.453 e. The number of carbonyl (C=O) groups excluding carboxylic acids is 1. The number of likely N-dealkylation sites (tertiary alicyclic amines) is 1. The third-order valence-electron chi connectivity index (χ3n) is 2.39. The highest BCUT2D eigenvalue weighted by Crippen LogP contribution is 2.19. The molecule has 1 amide bonds. The Kier molecular flexibility index (Phi) is 4.13. The molecular weight excluding hydrogens is 189 g/mol. The van der Waals surface area contributed by atoms with Crippen LogP contribution in [0.2, 0.25) is 0 Å². The van der Waals surface area contributed by atoms with E-state index in [4.69, 9.17) is 4.74 Å². The Hall–Kier alpha value is -0.840. The van der Waals surface area contributed by atoms with Crippen LogP contribution in [0.1, 0.15) is 6.92 Å². The van der Waals surface area contributed by atoms with E-state index in [0.29, 0.717) is 13.1 Å². The maximum atomic E-state index is 11.9. The number of amides is 1. The van der Waals surface area contributed by atoms with Gasteiger partial charge >= 0.3 is 6.09 Å². The molecule has 5 heteroatoms. The first-order chi connectivity index (χ1) is 6.69. The third kappa shape index (κ3) is 2.57. The maximum Gasteiger partial charge on any atom is 0.409 e. The number of rotatable bonds is 3. The minimum absolute atomic E-state index is 0.0650. The van der Waals surface area contributed by atoms with Crippen molar-refractivity contribution in [2.75, 3.05) is 33.5 Å². The Balaban J connectivity index is 2.39. The predicted molar refractivity (Wildman–Crippen MR) is 48.9 cm³/mol. The van der Waals surface area contributed by atoms with Crippen molar-refractivity contribution in [1.29, 1.82) is 0 Å². The number of nitrogens with zero attached hydrogens (tertiary/aromatic N) is 1. The van der Waals surface area contributed by atoms with E-state index in [-0.39, 0.29) is 24.7 Å². The second-order valence-corrected chi connectivity index (χ2v) is 3.45. The van der Waals surface area contributed by atoms with Crippen molar-refractivity contribution in [3.05, 3.63) is 0 Å². The molecule has 1 aliphatic heterocycles. The van der Waals surface area contributed by atoms with E-state index in [9.17, 15) is 9.18 Å². The Morgan fingerprint density at radius 1 is 1.57 bits per heavy atom. The number of hydrogen-bond acceptors (Lipinski definition) is 3. The monoisotopic (exact) mass is 205 g/mol. The van der Waals surface area contributed by atoms with Gasteiger partial charge in [0, 0.05) is 12.5 Å². The summed E-state index contributed by atoms with van der Waals surface area (Å²) >= 11 is 0. The van der Waals surface area contributed by atoms with Crippen LogP contribution in [0, 0.1) is 5.92 Å². The molecule has 0 aromatic carbocycles. The highest BCUT2D eigenvalue weighted by molar-refractivity contribution is 5.67. The molecule has 0 unspecified atom stereocenters. The van der Waals surface area contributed by atoms with Crippen LogP contribution in [0.4, 0.5) is 9.18 Å². The molecule has 0 spiro atoms. The molecule has 1 saturated heterocycles. The van der Waals surface area contributed by atoms with Crippen LogP contribution >= 0.6 is 0 Å². The lowest BCUT2D eigenvalue weighted by molar-refractivity contribution is 0.0302. The highest BCUT2D eigenvalue weighted by Gasteiger charge is 2.33. The van der Waals surface area contributed by atoms with Crippen LogP contribution in [0.25, 0.3) is 0 Å². The molecule has 82 valence electrons. The molecule has 0 radical (unpaired) electrons. The molecule has 2 atom stereocenters. The van der Waals surface area contributed by atoms with Gasteiger partial charge in [-0.05, 0) is 0 Å². The van der Waals surface area contributed by atoms with Crippen molar-refractivity contribution in [2.45, 2.75) is 13.0 Å². The molecule has 1 rings (SSSR count). The first kappa shape index (κ1) is 11.2. The van der Waals surface area contributed by atoms with Crippen molar-refractivity contribution in [3.63, 3.8) is 0 Å². The lowest BCUT2D eigenvalue weighted by Crippen LogP contribution is -2.30. The van der Waals surface area contributed by atoms with Crippen molar-refractivity contribution >= 4 is 6.09 Å². The Bertz CT molecular complexity index is 200. The molecule has 0 aromatic heterocycles. The van der Waals surface area contributed by atoms with Crippen LogP contribution < -0.4 is 0 Å². The van der Waals surface area contributed by atoms with Crippen LogP contribution in [0.3, 0.4) is 0 Å². The van der Waals surface area contributed by atoms with Gasteiger partial charge in [0.15, 0.2) is 0 Å². The van der Waals surface area contributed by atoms with Gasteiger partial charge in [-0.25, -0.2) is 9.18 Å². The first-order valence-corrected chi connectivity index (χ1v) is 4.69. The van der Waals surface area contributed by atoms with Gasteiger partial charge in [-0.2, -0.15) is 0 Å². The van der Waals surface area contributed by atoms with E-state index in [0.717, 1.165) is 0 Å². The van der Waals surface area contributed by atoms with Crippen LogP contribution in [-0.4, -0.2) is 50.6 Å². The summed E-state index contributed by atoms with van der Waals surface area (Å²) < 4.78 is 21.7. The topological polar surface area (TPSA) is 38.8 Å². The molecule has 1 fully saturated rings. The van der Waals surface area contributed by atoms with Gasteiger partial charge in [-0.1, -0.05) is 6.92 Å². The van der Waals surface area contributed by atoms with Gasteiger partial charge in [0.2, 0.25) is 0 Å². The molecule has 14 heavy (non-hydrogen) atoms. The second kappa shape index (κ2) is 5.14. The lowest BCUT2D eigenvalue weighted by atomic mass is 10.1. The zero-order valence-corrected chi connectivity index (χ0v) is 8.53. The van der Waals surface area contributed by atoms with Gasteiger partial charge in [0.05, 0.1) is 26.4 Å². The lowest BCUT2D eigenvalue weighted by Gasteiger charge is -2.14. The molecule has 1 heterocycles. The second-order valence-electron chi connectivity index (χ2n) is 3.45. The summed E-state index contributed by atoms with van der Waals surface area (Å²) in [7, 11) is 1.35. The molecular formula is C9H16FNO3. The van der Waals surface area contributed by atoms with Gasteiger partial charge in [-0.15, -0.1) is 0 Å². The third-order valence-corrected chi connectivity index (χ3v) is 2.39. The normalized spacial score (nSPS) is 26.6. The van der Waals surface area contributed by atoms with E-state index in [2.05, 4.69) is 4.74 Å². The molecule has 0 saturated carbocycles. The fourth-order valence-corrected chi connectivity index (χ4v) is 1.63. The molecule has 0 bridgehead atoms. The number of hydrogen-bond donors (Lipinski definition) is 0. The molecule has 4 nitrogen and oxygen atoms in total. The van der Waals surface area contributed by atoms with Gasteiger partial charge in [-0.3, -0.25) is 0 Å². The van der Waals surface area contributed by atoms with Crippen molar-refractivity contribution < 1.29 is 18.7 Å². The number of halogens is 1.